The van der Waals surface area contributed by atoms with Crippen LogP contribution in [-0.4, -0.2) is 0 Å². The molecule has 0 fully saturated rings. The van der Waals surface area contributed by atoms with E-state index in [4.69, 9.17) is 13.4 Å². The third-order valence-electron chi connectivity index (χ3n) is 3.24. The highest BCUT2D eigenvalue weighted by Crippen LogP contribution is 2.49. The van der Waals surface area contributed by atoms with E-state index >= 15 is 0 Å². The van der Waals surface area contributed by atoms with Crippen LogP contribution in [0.3, 0.4) is 0 Å². The third-order valence-corrected chi connectivity index (χ3v) is 6.25. The van der Waals surface area contributed by atoms with Crippen LogP contribution in [0, 0.1) is 0 Å². The van der Waals surface area contributed by atoms with Gasteiger partial charge in [-0.3, -0.25) is 4.57 Å². The van der Waals surface area contributed by atoms with E-state index in [1.807, 2.05) is 31.2 Å². The molecular weight excluding hydrogens is 367 g/mol. The Labute approximate surface area is 136 Å². The van der Waals surface area contributed by atoms with Gasteiger partial charge < -0.3 is 13.4 Å². The standard InChI is InChI=1S/C16H14BrO4P/c1-12(13-6-2-3-7-14(13)17)21-22(18,15-8-4-10-19-15)16-9-5-11-20-16/h2-12H,1H3. The molecule has 114 valence electrons. The summed E-state index contributed by atoms with van der Waals surface area (Å²) in [7, 11) is -3.42. The zero-order valence-electron chi connectivity index (χ0n) is 11.8. The number of hydrogen-bond donors (Lipinski definition) is 0. The van der Waals surface area contributed by atoms with E-state index in [-0.39, 0.29) is 11.0 Å². The normalized spacial score (nSPS) is 13.2. The minimum atomic E-state index is -3.42. The van der Waals surface area contributed by atoms with E-state index in [1.54, 1.807) is 24.3 Å². The van der Waals surface area contributed by atoms with Gasteiger partial charge in [0.05, 0.1) is 18.6 Å². The lowest BCUT2D eigenvalue weighted by Gasteiger charge is -2.20. The molecule has 0 N–H and O–H groups in total. The average molecular weight is 381 g/mol. The van der Waals surface area contributed by atoms with Crippen molar-refractivity contribution in [1.29, 1.82) is 0 Å². The quantitative estimate of drug-likeness (QED) is 0.605. The second-order valence-corrected chi connectivity index (χ2v) is 7.77. The van der Waals surface area contributed by atoms with E-state index in [9.17, 15) is 4.57 Å². The SMILES string of the molecule is CC(OP(=O)(c1ccco1)c1ccco1)c1ccccc1Br. The maximum absolute atomic E-state index is 13.4. The summed E-state index contributed by atoms with van der Waals surface area (Å²) >= 11 is 3.49. The summed E-state index contributed by atoms with van der Waals surface area (Å²) in [6, 6.07) is 14.3. The van der Waals surface area contributed by atoms with Gasteiger partial charge in [0.1, 0.15) is 0 Å². The monoisotopic (exact) mass is 380 g/mol. The Morgan fingerprint density at radius 1 is 1.00 bits per heavy atom. The highest BCUT2D eigenvalue weighted by molar-refractivity contribution is 9.10. The van der Waals surface area contributed by atoms with Gasteiger partial charge in [0.25, 0.3) is 0 Å². The molecule has 0 bridgehead atoms. The molecule has 1 unspecified atom stereocenters. The topological polar surface area (TPSA) is 52.6 Å². The molecule has 0 aliphatic rings. The Morgan fingerprint density at radius 3 is 2.09 bits per heavy atom. The van der Waals surface area contributed by atoms with Crippen molar-refractivity contribution in [3.8, 4) is 0 Å². The predicted octanol–water partition coefficient (Wildman–Crippen LogP) is 4.64. The van der Waals surface area contributed by atoms with Gasteiger partial charge in [0.2, 0.25) is 0 Å². The average Bonchev–Trinajstić information content (AvgIpc) is 3.21. The van der Waals surface area contributed by atoms with Crippen LogP contribution >= 0.6 is 23.3 Å². The third kappa shape index (κ3) is 2.84. The molecular formula is C16H14BrO4P. The minimum Gasteiger partial charge on any atom is -0.458 e. The molecule has 1 atom stereocenters. The van der Waals surface area contributed by atoms with Crippen molar-refractivity contribution in [1.82, 2.24) is 0 Å². The second kappa shape index (κ2) is 6.29. The van der Waals surface area contributed by atoms with Gasteiger partial charge in [-0.1, -0.05) is 34.1 Å². The Morgan fingerprint density at radius 2 is 1.59 bits per heavy atom. The largest absolute Gasteiger partial charge is 0.458 e. The van der Waals surface area contributed by atoms with Crippen molar-refractivity contribution in [3.63, 3.8) is 0 Å². The molecule has 4 nitrogen and oxygen atoms in total. The number of rotatable bonds is 5. The van der Waals surface area contributed by atoms with Crippen molar-refractivity contribution >= 4 is 34.3 Å². The molecule has 6 heteroatoms. The van der Waals surface area contributed by atoms with Crippen LogP contribution in [0.4, 0.5) is 0 Å². The molecule has 0 amide bonds. The molecule has 0 aliphatic heterocycles. The molecule has 22 heavy (non-hydrogen) atoms. The fourth-order valence-electron chi connectivity index (χ4n) is 2.17. The molecule has 0 saturated carbocycles. The van der Waals surface area contributed by atoms with Crippen LogP contribution in [0.15, 0.2) is 74.4 Å². The minimum absolute atomic E-state index is 0.265. The van der Waals surface area contributed by atoms with Crippen molar-refractivity contribution in [2.45, 2.75) is 13.0 Å². The fourth-order valence-corrected chi connectivity index (χ4v) is 4.73. The lowest BCUT2D eigenvalue weighted by molar-refractivity contribution is 0.233. The predicted molar refractivity (Wildman–Crippen MR) is 87.9 cm³/mol. The van der Waals surface area contributed by atoms with Crippen molar-refractivity contribution < 1.29 is 17.9 Å². The summed E-state index contributed by atoms with van der Waals surface area (Å²) in [5.74, 6) is 0. The van der Waals surface area contributed by atoms with Crippen LogP contribution in [0.1, 0.15) is 18.6 Å². The summed E-state index contributed by atoms with van der Waals surface area (Å²) in [5.41, 5.74) is 1.43. The Hall–Kier alpha value is -1.55. The Bertz CT molecular complexity index is 742. The number of halogens is 1. The number of furan rings is 2. The summed E-state index contributed by atoms with van der Waals surface area (Å²) in [6.07, 6.45) is 2.53. The van der Waals surface area contributed by atoms with Crippen LogP contribution in [0.5, 0.6) is 0 Å². The van der Waals surface area contributed by atoms with Crippen LogP contribution in [0.2, 0.25) is 0 Å². The first kappa shape index (κ1) is 15.3. The zero-order valence-corrected chi connectivity index (χ0v) is 14.3. The first-order valence-corrected chi connectivity index (χ1v) is 9.14. The summed E-state index contributed by atoms with van der Waals surface area (Å²) in [6.45, 7) is 1.85. The van der Waals surface area contributed by atoms with E-state index in [0.717, 1.165) is 10.0 Å². The van der Waals surface area contributed by atoms with Crippen molar-refractivity contribution in [2.75, 3.05) is 0 Å². The second-order valence-electron chi connectivity index (χ2n) is 4.72. The smallest absolute Gasteiger partial charge is 0.330 e. The zero-order chi connectivity index (χ0) is 15.6. The van der Waals surface area contributed by atoms with Crippen LogP contribution in [0.25, 0.3) is 0 Å². The van der Waals surface area contributed by atoms with Gasteiger partial charge in [-0.15, -0.1) is 0 Å². The highest BCUT2D eigenvalue weighted by Gasteiger charge is 2.37. The van der Waals surface area contributed by atoms with E-state index in [0.29, 0.717) is 0 Å². The maximum Gasteiger partial charge on any atom is 0.330 e. The first-order valence-electron chi connectivity index (χ1n) is 6.72. The molecule has 2 heterocycles. The summed E-state index contributed by atoms with van der Waals surface area (Å²) in [5, 5.41) is 0. The molecule has 1 aromatic carbocycles. The Balaban J connectivity index is 1.99. The molecule has 0 radical (unpaired) electrons. The highest BCUT2D eigenvalue weighted by atomic mass is 79.9. The molecule has 2 aromatic heterocycles. The molecule has 0 spiro atoms. The fraction of sp³-hybridized carbons (Fsp3) is 0.125. The Kier molecular flexibility index (Phi) is 4.39. The molecule has 0 saturated heterocycles. The van der Waals surface area contributed by atoms with Crippen LogP contribution in [-0.2, 0) is 9.09 Å². The van der Waals surface area contributed by atoms with Gasteiger partial charge in [0.15, 0.2) is 11.0 Å². The van der Waals surface area contributed by atoms with Crippen LogP contribution < -0.4 is 11.0 Å². The molecule has 3 aromatic rings. The lowest BCUT2D eigenvalue weighted by atomic mass is 10.1. The summed E-state index contributed by atoms with van der Waals surface area (Å²) in [4.78, 5) is 0. The van der Waals surface area contributed by atoms with Crippen molar-refractivity contribution in [3.05, 3.63) is 71.1 Å². The number of hydrogen-bond acceptors (Lipinski definition) is 4. The molecule has 3 rings (SSSR count). The molecule has 0 aliphatic carbocycles. The van der Waals surface area contributed by atoms with E-state index in [1.165, 1.54) is 12.5 Å². The van der Waals surface area contributed by atoms with Gasteiger partial charge >= 0.3 is 7.37 Å². The number of benzene rings is 1. The summed E-state index contributed by atoms with van der Waals surface area (Å²) < 4.78 is 30.9. The maximum atomic E-state index is 13.4. The lowest BCUT2D eigenvalue weighted by Crippen LogP contribution is -2.17. The first-order chi connectivity index (χ1) is 10.6. The van der Waals surface area contributed by atoms with Gasteiger partial charge in [-0.2, -0.15) is 0 Å². The van der Waals surface area contributed by atoms with Gasteiger partial charge in [-0.05, 0) is 42.8 Å². The van der Waals surface area contributed by atoms with E-state index in [2.05, 4.69) is 15.9 Å². The van der Waals surface area contributed by atoms with Gasteiger partial charge in [-0.25, -0.2) is 0 Å². The van der Waals surface area contributed by atoms with E-state index < -0.39 is 13.5 Å². The van der Waals surface area contributed by atoms with Crippen molar-refractivity contribution in [2.24, 2.45) is 0 Å². The van der Waals surface area contributed by atoms with Gasteiger partial charge in [0, 0.05) is 4.47 Å².